The SMILES string of the molecule is CC(C)(C)OC(=O)[C@H](C#N)c1nc2cccnc2s1. The molecule has 0 spiro atoms. The minimum atomic E-state index is -1.00. The largest absolute Gasteiger partial charge is 0.459 e. The van der Waals surface area contributed by atoms with Gasteiger partial charge in [0.05, 0.1) is 6.07 Å². The van der Waals surface area contributed by atoms with E-state index in [1.165, 1.54) is 11.3 Å². The van der Waals surface area contributed by atoms with Crippen molar-refractivity contribution < 1.29 is 9.53 Å². The van der Waals surface area contributed by atoms with Gasteiger partial charge < -0.3 is 4.74 Å². The molecule has 0 amide bonds. The highest BCUT2D eigenvalue weighted by Crippen LogP contribution is 2.27. The van der Waals surface area contributed by atoms with E-state index < -0.39 is 17.5 Å². The molecule has 2 aromatic rings. The lowest BCUT2D eigenvalue weighted by Gasteiger charge is -2.20. The molecule has 98 valence electrons. The van der Waals surface area contributed by atoms with Gasteiger partial charge in [-0.15, -0.1) is 0 Å². The molecule has 0 aliphatic heterocycles. The first kappa shape index (κ1) is 13.4. The number of fused-ring (bicyclic) bond motifs is 1. The van der Waals surface area contributed by atoms with Gasteiger partial charge >= 0.3 is 5.97 Å². The molecular formula is C13H13N3O2S. The van der Waals surface area contributed by atoms with Gasteiger partial charge in [-0.3, -0.25) is 4.79 Å². The van der Waals surface area contributed by atoms with Gasteiger partial charge in [0.1, 0.15) is 21.0 Å². The number of aromatic nitrogens is 2. The molecule has 0 N–H and O–H groups in total. The van der Waals surface area contributed by atoms with E-state index in [1.54, 1.807) is 39.1 Å². The lowest BCUT2D eigenvalue weighted by Crippen LogP contribution is -2.27. The minimum absolute atomic E-state index is 0.422. The summed E-state index contributed by atoms with van der Waals surface area (Å²) in [4.78, 5) is 21.1. The van der Waals surface area contributed by atoms with Crippen molar-refractivity contribution in [3.63, 3.8) is 0 Å². The Morgan fingerprint density at radius 1 is 1.53 bits per heavy atom. The molecule has 0 saturated heterocycles. The van der Waals surface area contributed by atoms with Gasteiger partial charge in [-0.1, -0.05) is 11.3 Å². The number of esters is 1. The monoisotopic (exact) mass is 275 g/mol. The predicted molar refractivity (Wildman–Crippen MR) is 71.6 cm³/mol. The van der Waals surface area contributed by atoms with Gasteiger partial charge in [0, 0.05) is 6.20 Å². The van der Waals surface area contributed by atoms with Crippen molar-refractivity contribution in [1.82, 2.24) is 9.97 Å². The van der Waals surface area contributed by atoms with Gasteiger partial charge in [0.25, 0.3) is 0 Å². The second kappa shape index (κ2) is 4.94. The van der Waals surface area contributed by atoms with E-state index in [1.807, 2.05) is 6.07 Å². The molecule has 19 heavy (non-hydrogen) atoms. The molecule has 0 bridgehead atoms. The first-order valence-corrected chi connectivity index (χ1v) is 6.56. The molecule has 0 aromatic carbocycles. The van der Waals surface area contributed by atoms with Gasteiger partial charge in [0.2, 0.25) is 0 Å². The summed E-state index contributed by atoms with van der Waals surface area (Å²) in [5.41, 5.74) is 0.0625. The highest BCUT2D eigenvalue weighted by molar-refractivity contribution is 7.18. The van der Waals surface area contributed by atoms with Gasteiger partial charge in [-0.2, -0.15) is 5.26 Å². The Balaban J connectivity index is 2.32. The molecule has 0 aliphatic rings. The van der Waals surface area contributed by atoms with Gasteiger partial charge in [-0.05, 0) is 32.9 Å². The van der Waals surface area contributed by atoms with Crippen LogP contribution in [-0.4, -0.2) is 21.5 Å². The number of pyridine rings is 1. The quantitative estimate of drug-likeness (QED) is 0.787. The molecule has 2 heterocycles. The minimum Gasteiger partial charge on any atom is -0.459 e. The number of nitrogens with zero attached hydrogens (tertiary/aromatic N) is 3. The number of ether oxygens (including phenoxy) is 1. The van der Waals surface area contributed by atoms with Crippen LogP contribution in [0.25, 0.3) is 10.3 Å². The lowest BCUT2D eigenvalue weighted by molar-refractivity contribution is -0.155. The van der Waals surface area contributed by atoms with E-state index in [9.17, 15) is 4.79 Å². The van der Waals surface area contributed by atoms with Crippen molar-refractivity contribution in [2.75, 3.05) is 0 Å². The summed E-state index contributed by atoms with van der Waals surface area (Å²) in [5.74, 6) is -1.58. The van der Waals surface area contributed by atoms with Crippen LogP contribution in [0.2, 0.25) is 0 Å². The van der Waals surface area contributed by atoms with Crippen LogP contribution in [0.15, 0.2) is 18.3 Å². The highest BCUT2D eigenvalue weighted by Gasteiger charge is 2.29. The average Bonchev–Trinajstić information content (AvgIpc) is 2.70. The summed E-state index contributed by atoms with van der Waals surface area (Å²) in [6.45, 7) is 5.29. The van der Waals surface area contributed by atoms with E-state index >= 15 is 0 Å². The summed E-state index contributed by atoms with van der Waals surface area (Å²) >= 11 is 1.24. The number of carbonyl (C=O) groups is 1. The van der Waals surface area contributed by atoms with Crippen molar-refractivity contribution in [1.29, 1.82) is 5.26 Å². The zero-order valence-corrected chi connectivity index (χ0v) is 11.7. The number of hydrogen-bond donors (Lipinski definition) is 0. The fourth-order valence-corrected chi connectivity index (χ4v) is 2.42. The Kier molecular flexibility index (Phi) is 3.49. The van der Waals surface area contributed by atoms with Crippen LogP contribution in [0.5, 0.6) is 0 Å². The zero-order valence-electron chi connectivity index (χ0n) is 10.9. The molecule has 0 fully saturated rings. The second-order valence-electron chi connectivity index (χ2n) is 4.98. The van der Waals surface area contributed by atoms with E-state index in [2.05, 4.69) is 9.97 Å². The molecular weight excluding hydrogens is 262 g/mol. The smallest absolute Gasteiger partial charge is 0.330 e. The van der Waals surface area contributed by atoms with Crippen LogP contribution in [0.3, 0.4) is 0 Å². The third kappa shape index (κ3) is 3.06. The van der Waals surface area contributed by atoms with Crippen molar-refractivity contribution in [2.24, 2.45) is 0 Å². The normalized spacial score (nSPS) is 12.9. The first-order valence-electron chi connectivity index (χ1n) is 5.74. The van der Waals surface area contributed by atoms with Crippen LogP contribution in [0, 0.1) is 11.3 Å². The number of hydrogen-bond acceptors (Lipinski definition) is 6. The lowest BCUT2D eigenvalue weighted by atomic mass is 10.1. The van der Waals surface area contributed by atoms with Crippen LogP contribution >= 0.6 is 11.3 Å². The maximum atomic E-state index is 12.0. The number of rotatable bonds is 2. The zero-order chi connectivity index (χ0) is 14.0. The molecule has 0 unspecified atom stereocenters. The van der Waals surface area contributed by atoms with Crippen molar-refractivity contribution >= 4 is 27.7 Å². The van der Waals surface area contributed by atoms with Crippen molar-refractivity contribution in [2.45, 2.75) is 32.3 Å². The standard InChI is InChI=1S/C13H13N3O2S/c1-13(2,3)18-12(17)8(7-14)10-16-9-5-4-6-15-11(9)19-10/h4-6,8H,1-3H3/t8-/m1/s1. The van der Waals surface area contributed by atoms with E-state index in [4.69, 9.17) is 10.00 Å². The Morgan fingerprint density at radius 3 is 2.84 bits per heavy atom. The molecule has 1 atom stereocenters. The third-order valence-corrected chi connectivity index (χ3v) is 3.25. The number of nitriles is 1. The molecule has 2 aromatic heterocycles. The summed E-state index contributed by atoms with van der Waals surface area (Å²) < 4.78 is 5.23. The molecule has 2 rings (SSSR count). The first-order chi connectivity index (χ1) is 8.90. The fourth-order valence-electron chi connectivity index (χ4n) is 1.48. The number of thiazole rings is 1. The van der Waals surface area contributed by atoms with Crippen LogP contribution in [0.4, 0.5) is 0 Å². The van der Waals surface area contributed by atoms with Crippen LogP contribution < -0.4 is 0 Å². The second-order valence-corrected chi connectivity index (χ2v) is 5.98. The van der Waals surface area contributed by atoms with Crippen molar-refractivity contribution in [3.05, 3.63) is 23.3 Å². The highest BCUT2D eigenvalue weighted by atomic mass is 32.1. The topological polar surface area (TPSA) is 75.9 Å². The van der Waals surface area contributed by atoms with Crippen LogP contribution in [0.1, 0.15) is 31.7 Å². The Labute approximate surface area is 114 Å². The summed E-state index contributed by atoms with van der Waals surface area (Å²) in [7, 11) is 0. The van der Waals surface area contributed by atoms with E-state index in [0.717, 1.165) is 0 Å². The maximum Gasteiger partial charge on any atom is 0.330 e. The van der Waals surface area contributed by atoms with E-state index in [-0.39, 0.29) is 0 Å². The van der Waals surface area contributed by atoms with Crippen LogP contribution in [-0.2, 0) is 9.53 Å². The third-order valence-electron chi connectivity index (χ3n) is 2.20. The molecule has 0 saturated carbocycles. The molecule has 0 aliphatic carbocycles. The Hall–Kier alpha value is -2.00. The molecule has 6 heteroatoms. The van der Waals surface area contributed by atoms with Gasteiger partial charge in [-0.25, -0.2) is 9.97 Å². The predicted octanol–water partition coefficient (Wildman–Crippen LogP) is 2.64. The Bertz CT molecular complexity index is 619. The van der Waals surface area contributed by atoms with E-state index in [0.29, 0.717) is 15.4 Å². The number of carbonyl (C=O) groups excluding carboxylic acids is 1. The summed E-state index contributed by atoms with van der Waals surface area (Å²) in [6.07, 6.45) is 1.65. The van der Waals surface area contributed by atoms with Gasteiger partial charge in [0.15, 0.2) is 5.92 Å². The fraction of sp³-hybridized carbons (Fsp3) is 0.385. The molecule has 0 radical (unpaired) electrons. The molecule has 5 nitrogen and oxygen atoms in total. The summed E-state index contributed by atoms with van der Waals surface area (Å²) in [5, 5.41) is 9.59. The Morgan fingerprint density at radius 2 is 2.26 bits per heavy atom. The maximum absolute atomic E-state index is 12.0. The van der Waals surface area contributed by atoms with Crippen molar-refractivity contribution in [3.8, 4) is 6.07 Å². The summed E-state index contributed by atoms with van der Waals surface area (Å²) in [6, 6.07) is 5.51. The average molecular weight is 275 g/mol.